The Bertz CT molecular complexity index is 303. The number of amides is 2. The van der Waals surface area contributed by atoms with Gasteiger partial charge in [-0.2, -0.15) is 0 Å². The molecule has 0 fully saturated rings. The molecule has 0 aromatic rings. The molecule has 0 bridgehead atoms. The summed E-state index contributed by atoms with van der Waals surface area (Å²) < 4.78 is 5.06. The summed E-state index contributed by atoms with van der Waals surface area (Å²) in [6, 6.07) is -0.369. The van der Waals surface area contributed by atoms with E-state index < -0.39 is 11.5 Å². The molecule has 3 N–H and O–H groups in total. The van der Waals surface area contributed by atoms with Crippen LogP contribution in [0.2, 0.25) is 0 Å². The number of urea groups is 1. The van der Waals surface area contributed by atoms with Crippen molar-refractivity contribution in [2.24, 2.45) is 5.92 Å². The molecule has 112 valence electrons. The first kappa shape index (κ1) is 17.7. The highest BCUT2D eigenvalue weighted by molar-refractivity contribution is 5.75. The summed E-state index contributed by atoms with van der Waals surface area (Å²) in [6.45, 7) is 8.05. The van der Waals surface area contributed by atoms with Crippen molar-refractivity contribution in [2.45, 2.75) is 52.1 Å². The van der Waals surface area contributed by atoms with Crippen LogP contribution in [0.15, 0.2) is 0 Å². The minimum absolute atomic E-state index is 0.0267. The normalized spacial score (nSPS) is 13.2. The van der Waals surface area contributed by atoms with Crippen molar-refractivity contribution in [3.8, 4) is 0 Å². The Kier molecular flexibility index (Phi) is 7.44. The molecule has 0 saturated heterocycles. The Morgan fingerprint density at radius 3 is 2.32 bits per heavy atom. The van der Waals surface area contributed by atoms with Crippen LogP contribution < -0.4 is 10.6 Å². The molecular weight excluding hydrogens is 248 g/mol. The van der Waals surface area contributed by atoms with Gasteiger partial charge in [0.05, 0.1) is 12.6 Å². The Morgan fingerprint density at radius 1 is 1.32 bits per heavy atom. The molecule has 0 saturated carbocycles. The van der Waals surface area contributed by atoms with E-state index in [1.54, 1.807) is 21.0 Å². The van der Waals surface area contributed by atoms with Gasteiger partial charge < -0.3 is 20.5 Å². The van der Waals surface area contributed by atoms with Gasteiger partial charge in [0.1, 0.15) is 0 Å². The molecule has 0 aromatic heterocycles. The number of hydrogen-bond acceptors (Lipinski definition) is 3. The summed E-state index contributed by atoms with van der Waals surface area (Å²) in [6.07, 6.45) is 0.408. The SMILES string of the molecule is COCC(NC(=O)NC(C)(C)CCC(=O)O)C(C)C. The summed E-state index contributed by atoms with van der Waals surface area (Å²) >= 11 is 0. The number of methoxy groups -OCH3 is 1. The molecule has 0 heterocycles. The van der Waals surface area contributed by atoms with Gasteiger partial charge in [0, 0.05) is 19.1 Å². The molecule has 0 rings (SSSR count). The van der Waals surface area contributed by atoms with Crippen molar-refractivity contribution in [1.29, 1.82) is 0 Å². The maximum atomic E-state index is 11.9. The van der Waals surface area contributed by atoms with Crippen molar-refractivity contribution in [3.05, 3.63) is 0 Å². The molecule has 0 aliphatic heterocycles. The third kappa shape index (κ3) is 8.42. The zero-order valence-corrected chi connectivity index (χ0v) is 12.4. The van der Waals surface area contributed by atoms with E-state index in [-0.39, 0.29) is 24.4 Å². The van der Waals surface area contributed by atoms with Crippen LogP contribution in [-0.4, -0.2) is 42.4 Å². The summed E-state index contributed by atoms with van der Waals surface area (Å²) in [4.78, 5) is 22.4. The number of nitrogens with one attached hydrogen (secondary N) is 2. The van der Waals surface area contributed by atoms with Crippen LogP contribution in [0.3, 0.4) is 0 Å². The molecule has 6 heteroatoms. The van der Waals surface area contributed by atoms with Crippen LogP contribution in [0.1, 0.15) is 40.5 Å². The maximum absolute atomic E-state index is 11.9. The van der Waals surface area contributed by atoms with Crippen molar-refractivity contribution in [3.63, 3.8) is 0 Å². The van der Waals surface area contributed by atoms with Crippen LogP contribution in [0.4, 0.5) is 4.79 Å². The van der Waals surface area contributed by atoms with Gasteiger partial charge in [-0.1, -0.05) is 13.8 Å². The Morgan fingerprint density at radius 2 is 1.89 bits per heavy atom. The van der Waals surface area contributed by atoms with E-state index in [1.165, 1.54) is 0 Å². The summed E-state index contributed by atoms with van der Waals surface area (Å²) in [5.74, 6) is -0.609. The highest BCUT2D eigenvalue weighted by Gasteiger charge is 2.23. The third-order valence-corrected chi connectivity index (χ3v) is 2.88. The lowest BCUT2D eigenvalue weighted by molar-refractivity contribution is -0.137. The van der Waals surface area contributed by atoms with Crippen LogP contribution >= 0.6 is 0 Å². The molecule has 0 aromatic carbocycles. The third-order valence-electron chi connectivity index (χ3n) is 2.88. The standard InChI is InChI=1S/C13H26N2O4/c1-9(2)10(8-19-5)14-12(18)15-13(3,4)7-6-11(16)17/h9-10H,6-8H2,1-5H3,(H,16,17)(H2,14,15,18). The predicted octanol–water partition coefficient (Wildman–Crippen LogP) is 1.60. The van der Waals surface area contributed by atoms with E-state index >= 15 is 0 Å². The molecule has 19 heavy (non-hydrogen) atoms. The maximum Gasteiger partial charge on any atom is 0.315 e. The van der Waals surface area contributed by atoms with Gasteiger partial charge in [-0.25, -0.2) is 4.79 Å². The topological polar surface area (TPSA) is 87.7 Å². The molecule has 6 nitrogen and oxygen atoms in total. The molecule has 0 aliphatic rings. The monoisotopic (exact) mass is 274 g/mol. The summed E-state index contributed by atoms with van der Waals surface area (Å²) in [5, 5.41) is 14.3. The van der Waals surface area contributed by atoms with Crippen molar-refractivity contribution >= 4 is 12.0 Å². The van der Waals surface area contributed by atoms with E-state index in [1.807, 2.05) is 13.8 Å². The first-order valence-electron chi connectivity index (χ1n) is 6.47. The first-order valence-corrected chi connectivity index (χ1v) is 6.47. The largest absolute Gasteiger partial charge is 0.481 e. The van der Waals surface area contributed by atoms with Gasteiger partial charge in [-0.3, -0.25) is 4.79 Å². The van der Waals surface area contributed by atoms with Gasteiger partial charge in [-0.05, 0) is 26.2 Å². The smallest absolute Gasteiger partial charge is 0.315 e. The summed E-state index contributed by atoms with van der Waals surface area (Å²) in [7, 11) is 1.59. The van der Waals surface area contributed by atoms with Crippen LogP contribution in [0.25, 0.3) is 0 Å². The second kappa shape index (κ2) is 7.99. The fraction of sp³-hybridized carbons (Fsp3) is 0.846. The van der Waals surface area contributed by atoms with Gasteiger partial charge in [0.25, 0.3) is 0 Å². The zero-order chi connectivity index (χ0) is 15.1. The Labute approximate surface area is 114 Å². The van der Waals surface area contributed by atoms with Crippen LogP contribution in [-0.2, 0) is 9.53 Å². The molecule has 0 aliphatic carbocycles. The highest BCUT2D eigenvalue weighted by atomic mass is 16.5. The summed E-state index contributed by atoms with van der Waals surface area (Å²) in [5.41, 5.74) is -0.558. The predicted molar refractivity (Wildman–Crippen MR) is 73.1 cm³/mol. The van der Waals surface area contributed by atoms with E-state index in [0.717, 1.165) is 0 Å². The number of carboxylic acids is 1. The van der Waals surface area contributed by atoms with Gasteiger partial charge in [0.15, 0.2) is 0 Å². The van der Waals surface area contributed by atoms with E-state index in [4.69, 9.17) is 9.84 Å². The van der Waals surface area contributed by atoms with Crippen molar-refractivity contribution in [2.75, 3.05) is 13.7 Å². The van der Waals surface area contributed by atoms with Gasteiger partial charge in [0.2, 0.25) is 0 Å². The quantitative estimate of drug-likeness (QED) is 0.627. The molecule has 0 radical (unpaired) electrons. The van der Waals surface area contributed by atoms with Crippen molar-refractivity contribution in [1.82, 2.24) is 10.6 Å². The average molecular weight is 274 g/mol. The number of aliphatic carboxylic acids is 1. The number of hydrogen-bond donors (Lipinski definition) is 3. The first-order chi connectivity index (χ1) is 8.68. The van der Waals surface area contributed by atoms with Gasteiger partial charge >= 0.3 is 12.0 Å². The number of ether oxygens (including phenoxy) is 1. The zero-order valence-electron chi connectivity index (χ0n) is 12.4. The lowest BCUT2D eigenvalue weighted by atomic mass is 9.98. The lowest BCUT2D eigenvalue weighted by Gasteiger charge is -2.28. The lowest BCUT2D eigenvalue weighted by Crippen LogP contribution is -2.53. The van der Waals surface area contributed by atoms with Crippen LogP contribution in [0, 0.1) is 5.92 Å². The minimum atomic E-state index is -0.866. The number of carbonyl (C=O) groups excluding carboxylic acids is 1. The number of carboxylic acid groups (broad SMARTS) is 1. The van der Waals surface area contributed by atoms with E-state index in [0.29, 0.717) is 13.0 Å². The molecule has 0 spiro atoms. The van der Waals surface area contributed by atoms with Gasteiger partial charge in [-0.15, -0.1) is 0 Å². The molecule has 2 amide bonds. The number of carbonyl (C=O) groups is 2. The second-order valence-corrected chi connectivity index (χ2v) is 5.68. The average Bonchev–Trinajstić information content (AvgIpc) is 2.25. The fourth-order valence-corrected chi connectivity index (χ4v) is 1.57. The molecule has 1 unspecified atom stereocenters. The number of rotatable bonds is 8. The fourth-order valence-electron chi connectivity index (χ4n) is 1.57. The van der Waals surface area contributed by atoms with E-state index in [2.05, 4.69) is 10.6 Å². The van der Waals surface area contributed by atoms with E-state index in [9.17, 15) is 9.59 Å². The second-order valence-electron chi connectivity index (χ2n) is 5.68. The molecular formula is C13H26N2O4. The minimum Gasteiger partial charge on any atom is -0.481 e. The molecule has 1 atom stereocenters. The highest BCUT2D eigenvalue weighted by Crippen LogP contribution is 2.11. The Hall–Kier alpha value is -1.30. The Balaban J connectivity index is 4.30. The van der Waals surface area contributed by atoms with Crippen LogP contribution in [0.5, 0.6) is 0 Å². The van der Waals surface area contributed by atoms with Crippen molar-refractivity contribution < 1.29 is 19.4 Å².